The van der Waals surface area contributed by atoms with E-state index in [2.05, 4.69) is 0 Å². The van der Waals surface area contributed by atoms with Crippen molar-refractivity contribution in [2.24, 2.45) is 11.8 Å². The second-order valence-electron chi connectivity index (χ2n) is 3.77. The summed E-state index contributed by atoms with van der Waals surface area (Å²) in [6.07, 6.45) is -4.93. The molecule has 0 aromatic heterocycles. The number of carboxylic acid groups (broad SMARTS) is 2. The molecule has 2 fully saturated rings. The van der Waals surface area contributed by atoms with Crippen molar-refractivity contribution in [3.63, 3.8) is 0 Å². The van der Waals surface area contributed by atoms with Gasteiger partial charge < -0.3 is 25.2 Å². The molecular formula is C8H10O7. The number of hydrogen-bond donors (Lipinski definition) is 4. The molecule has 7 heteroatoms. The van der Waals surface area contributed by atoms with E-state index in [4.69, 9.17) is 14.9 Å². The van der Waals surface area contributed by atoms with E-state index in [0.29, 0.717) is 0 Å². The molecule has 84 valence electrons. The molecule has 15 heavy (non-hydrogen) atoms. The Hall–Kier alpha value is -1.18. The summed E-state index contributed by atoms with van der Waals surface area (Å²) in [7, 11) is 0. The largest absolute Gasteiger partial charge is 0.481 e. The van der Waals surface area contributed by atoms with Crippen LogP contribution in [0, 0.1) is 11.8 Å². The lowest BCUT2D eigenvalue weighted by Crippen LogP contribution is -2.51. The fourth-order valence-electron chi connectivity index (χ4n) is 2.32. The first-order valence-corrected chi connectivity index (χ1v) is 4.42. The average molecular weight is 218 g/mol. The maximum atomic E-state index is 10.8. The van der Waals surface area contributed by atoms with Gasteiger partial charge >= 0.3 is 11.9 Å². The molecule has 0 saturated carbocycles. The smallest absolute Gasteiger partial charge is 0.310 e. The van der Waals surface area contributed by atoms with Crippen LogP contribution < -0.4 is 0 Å². The van der Waals surface area contributed by atoms with Crippen molar-refractivity contribution < 1.29 is 34.8 Å². The Bertz CT molecular complexity index is 284. The van der Waals surface area contributed by atoms with Crippen LogP contribution in [0.15, 0.2) is 0 Å². The molecule has 7 nitrogen and oxygen atoms in total. The number of aliphatic hydroxyl groups excluding tert-OH is 2. The van der Waals surface area contributed by atoms with E-state index < -0.39 is 48.2 Å². The van der Waals surface area contributed by atoms with Crippen LogP contribution in [0.2, 0.25) is 0 Å². The van der Waals surface area contributed by atoms with E-state index >= 15 is 0 Å². The fraction of sp³-hybridized carbons (Fsp3) is 0.750. The van der Waals surface area contributed by atoms with Crippen LogP contribution in [0.1, 0.15) is 0 Å². The van der Waals surface area contributed by atoms with Gasteiger partial charge in [-0.1, -0.05) is 0 Å². The molecule has 0 aromatic carbocycles. The van der Waals surface area contributed by atoms with E-state index in [0.717, 1.165) is 0 Å². The van der Waals surface area contributed by atoms with Gasteiger partial charge in [0.25, 0.3) is 0 Å². The molecule has 4 N–H and O–H groups in total. The summed E-state index contributed by atoms with van der Waals surface area (Å²) < 4.78 is 4.98. The number of rotatable bonds is 2. The first-order chi connectivity index (χ1) is 6.95. The zero-order valence-corrected chi connectivity index (χ0v) is 7.48. The first kappa shape index (κ1) is 10.3. The van der Waals surface area contributed by atoms with E-state index in [-0.39, 0.29) is 0 Å². The van der Waals surface area contributed by atoms with Crippen molar-refractivity contribution in [3.8, 4) is 0 Å². The number of carbonyl (C=O) groups is 2. The summed E-state index contributed by atoms with van der Waals surface area (Å²) in [6.45, 7) is 0. The van der Waals surface area contributed by atoms with Crippen LogP contribution in [0.25, 0.3) is 0 Å². The summed E-state index contributed by atoms with van der Waals surface area (Å²) >= 11 is 0. The number of aliphatic carboxylic acids is 2. The molecule has 0 unspecified atom stereocenters. The SMILES string of the molecule is O=C(O)[C@@H]1[C@@H]2O[C@@H]([C@@H](O)[C@H]2O)[C@@H]1C(=O)O. The molecule has 2 rings (SSSR count). The third-order valence-corrected chi connectivity index (χ3v) is 3.00. The fourth-order valence-corrected chi connectivity index (χ4v) is 2.32. The van der Waals surface area contributed by atoms with Crippen LogP contribution in [0.3, 0.4) is 0 Å². The Kier molecular flexibility index (Phi) is 2.18. The number of fused-ring (bicyclic) bond motifs is 2. The highest BCUT2D eigenvalue weighted by Gasteiger charge is 2.64. The summed E-state index contributed by atoms with van der Waals surface area (Å²) in [5.74, 6) is -5.27. The number of ether oxygens (including phenoxy) is 1. The van der Waals surface area contributed by atoms with Crippen molar-refractivity contribution in [3.05, 3.63) is 0 Å². The Morgan fingerprint density at radius 1 is 0.867 bits per heavy atom. The van der Waals surface area contributed by atoms with Gasteiger partial charge in [0.1, 0.15) is 36.3 Å². The Balaban J connectivity index is 2.32. The van der Waals surface area contributed by atoms with Crippen molar-refractivity contribution >= 4 is 11.9 Å². The maximum Gasteiger partial charge on any atom is 0.310 e. The highest BCUT2D eigenvalue weighted by atomic mass is 16.6. The standard InChI is InChI=1S/C8H10O7/c9-3-4(10)6-2(8(13)14)1(7(11)12)5(3)15-6/h1-6,9-10H,(H,11,12)(H,13,14)/t1-,2+,3+,4-,5-,6+. The second-order valence-corrected chi connectivity index (χ2v) is 3.77. The molecule has 0 radical (unpaired) electrons. The topological polar surface area (TPSA) is 124 Å². The van der Waals surface area contributed by atoms with Crippen molar-refractivity contribution in [1.82, 2.24) is 0 Å². The van der Waals surface area contributed by atoms with Crippen molar-refractivity contribution in [2.45, 2.75) is 24.4 Å². The van der Waals surface area contributed by atoms with E-state index in [1.54, 1.807) is 0 Å². The monoisotopic (exact) mass is 218 g/mol. The molecule has 0 amide bonds. The highest BCUT2D eigenvalue weighted by molar-refractivity contribution is 5.82. The van der Waals surface area contributed by atoms with E-state index in [9.17, 15) is 19.8 Å². The van der Waals surface area contributed by atoms with E-state index in [1.165, 1.54) is 0 Å². The van der Waals surface area contributed by atoms with Gasteiger partial charge in [-0.2, -0.15) is 0 Å². The highest BCUT2D eigenvalue weighted by Crippen LogP contribution is 2.43. The van der Waals surface area contributed by atoms with Crippen LogP contribution in [0.4, 0.5) is 0 Å². The van der Waals surface area contributed by atoms with Gasteiger partial charge in [0.05, 0.1) is 0 Å². The lowest BCUT2D eigenvalue weighted by atomic mass is 9.76. The molecule has 2 aliphatic heterocycles. The lowest BCUT2D eigenvalue weighted by molar-refractivity contribution is -0.158. The molecule has 2 saturated heterocycles. The quantitative estimate of drug-likeness (QED) is 0.418. The second kappa shape index (κ2) is 3.16. The van der Waals surface area contributed by atoms with Gasteiger partial charge in [-0.15, -0.1) is 0 Å². The molecule has 2 bridgehead atoms. The summed E-state index contributed by atoms with van der Waals surface area (Å²) in [5, 5.41) is 36.4. The average Bonchev–Trinajstić information content (AvgIpc) is 2.64. The predicted molar refractivity (Wildman–Crippen MR) is 42.9 cm³/mol. The van der Waals surface area contributed by atoms with Gasteiger partial charge in [-0.25, -0.2) is 0 Å². The molecule has 2 heterocycles. The number of hydrogen-bond acceptors (Lipinski definition) is 5. The zero-order valence-electron chi connectivity index (χ0n) is 7.48. The first-order valence-electron chi connectivity index (χ1n) is 4.42. The van der Waals surface area contributed by atoms with Crippen LogP contribution in [0.5, 0.6) is 0 Å². The van der Waals surface area contributed by atoms with Gasteiger partial charge in [0, 0.05) is 0 Å². The number of carboxylic acids is 2. The predicted octanol–water partition coefficient (Wildman–Crippen LogP) is -2.11. The van der Waals surface area contributed by atoms with Crippen LogP contribution in [-0.2, 0) is 14.3 Å². The van der Waals surface area contributed by atoms with Crippen molar-refractivity contribution in [1.29, 1.82) is 0 Å². The summed E-state index contributed by atoms with van der Waals surface area (Å²) in [5.41, 5.74) is 0. The molecule has 2 aliphatic rings. The minimum absolute atomic E-state index is 1.14. The van der Waals surface area contributed by atoms with Crippen molar-refractivity contribution in [2.75, 3.05) is 0 Å². The third-order valence-electron chi connectivity index (χ3n) is 3.00. The Morgan fingerprint density at radius 3 is 1.47 bits per heavy atom. The Labute approximate surface area is 83.9 Å². The minimum atomic E-state index is -1.33. The zero-order chi connectivity index (χ0) is 11.3. The molecule has 6 atom stereocenters. The van der Waals surface area contributed by atoms with Gasteiger partial charge in [0.2, 0.25) is 0 Å². The minimum Gasteiger partial charge on any atom is -0.481 e. The molecule has 0 aliphatic carbocycles. The van der Waals surface area contributed by atoms with Gasteiger partial charge in [0.15, 0.2) is 0 Å². The third kappa shape index (κ3) is 1.24. The molecule has 0 spiro atoms. The number of aliphatic hydroxyl groups is 2. The maximum absolute atomic E-state index is 10.8. The summed E-state index contributed by atoms with van der Waals surface area (Å²) in [4.78, 5) is 21.6. The molecular weight excluding hydrogens is 208 g/mol. The van der Waals surface area contributed by atoms with Crippen LogP contribution >= 0.6 is 0 Å². The Morgan fingerprint density at radius 2 is 1.20 bits per heavy atom. The van der Waals surface area contributed by atoms with E-state index in [1.807, 2.05) is 0 Å². The molecule has 0 aromatic rings. The van der Waals surface area contributed by atoms with Gasteiger partial charge in [-0.05, 0) is 0 Å². The van der Waals surface area contributed by atoms with Gasteiger partial charge in [-0.3, -0.25) is 9.59 Å². The lowest BCUT2D eigenvalue weighted by Gasteiger charge is -2.28. The normalized spacial score (nSPS) is 48.1. The summed E-state index contributed by atoms with van der Waals surface area (Å²) in [6, 6.07) is 0. The van der Waals surface area contributed by atoms with Crippen LogP contribution in [-0.4, -0.2) is 56.8 Å².